The maximum absolute atomic E-state index is 11.6. The number of rotatable bonds is 5. The SMILES string of the molecule is CC(=O)Nc1c(C(=O)O)n(C)c2ccc(OCc3ccccc3)cc12. The normalized spacial score (nSPS) is 10.6. The first-order valence-electron chi connectivity index (χ1n) is 7.77. The lowest BCUT2D eigenvalue weighted by Gasteiger charge is -2.07. The topological polar surface area (TPSA) is 80.6 Å². The Morgan fingerprint density at radius 1 is 1.16 bits per heavy atom. The minimum atomic E-state index is -1.10. The number of aromatic nitrogens is 1. The number of carboxylic acids is 1. The van der Waals surface area contributed by atoms with Crippen molar-refractivity contribution >= 4 is 28.5 Å². The fourth-order valence-corrected chi connectivity index (χ4v) is 2.81. The van der Waals surface area contributed by atoms with Gasteiger partial charge in [0, 0.05) is 19.4 Å². The second-order valence-electron chi connectivity index (χ2n) is 5.72. The van der Waals surface area contributed by atoms with E-state index in [0.29, 0.717) is 23.3 Å². The number of carbonyl (C=O) groups excluding carboxylic acids is 1. The lowest BCUT2D eigenvalue weighted by atomic mass is 10.2. The van der Waals surface area contributed by atoms with Gasteiger partial charge in [-0.1, -0.05) is 30.3 Å². The molecule has 0 spiro atoms. The Labute approximate surface area is 144 Å². The van der Waals surface area contributed by atoms with Crippen LogP contribution in [0.1, 0.15) is 23.0 Å². The minimum Gasteiger partial charge on any atom is -0.489 e. The standard InChI is InChI=1S/C19H18N2O4/c1-12(22)20-17-15-10-14(25-11-13-6-4-3-5-7-13)8-9-16(15)21(2)18(17)19(23)24/h3-10H,11H2,1-2H3,(H,20,22)(H,23,24). The number of aromatic carboxylic acids is 1. The number of ether oxygens (including phenoxy) is 1. The Kier molecular flexibility index (Phi) is 4.43. The Hall–Kier alpha value is -3.28. The second kappa shape index (κ2) is 6.68. The highest BCUT2D eigenvalue weighted by Crippen LogP contribution is 2.33. The molecule has 6 heteroatoms. The molecule has 0 aliphatic rings. The molecule has 0 saturated heterocycles. The van der Waals surface area contributed by atoms with Gasteiger partial charge in [-0.05, 0) is 23.8 Å². The van der Waals surface area contributed by atoms with Gasteiger partial charge in [0.25, 0.3) is 0 Å². The molecule has 0 atom stereocenters. The van der Waals surface area contributed by atoms with Crippen molar-refractivity contribution in [2.75, 3.05) is 5.32 Å². The molecule has 1 aromatic heterocycles. The Balaban J connectivity index is 2.00. The molecular formula is C19H18N2O4. The van der Waals surface area contributed by atoms with E-state index in [1.54, 1.807) is 29.8 Å². The molecule has 3 rings (SSSR count). The molecule has 0 unspecified atom stereocenters. The van der Waals surface area contributed by atoms with Crippen LogP contribution in [0, 0.1) is 0 Å². The zero-order chi connectivity index (χ0) is 18.0. The van der Waals surface area contributed by atoms with Crippen molar-refractivity contribution < 1.29 is 19.4 Å². The molecule has 128 valence electrons. The molecule has 0 saturated carbocycles. The van der Waals surface area contributed by atoms with Gasteiger partial charge >= 0.3 is 5.97 Å². The van der Waals surface area contributed by atoms with Crippen LogP contribution in [-0.2, 0) is 18.4 Å². The molecule has 1 amide bonds. The van der Waals surface area contributed by atoms with Crippen molar-refractivity contribution in [3.05, 3.63) is 59.8 Å². The number of nitrogens with one attached hydrogen (secondary N) is 1. The lowest BCUT2D eigenvalue weighted by molar-refractivity contribution is -0.114. The van der Waals surface area contributed by atoms with Crippen molar-refractivity contribution in [1.82, 2.24) is 4.57 Å². The number of nitrogens with zero attached hydrogens (tertiary/aromatic N) is 1. The van der Waals surface area contributed by atoms with E-state index in [4.69, 9.17) is 4.74 Å². The van der Waals surface area contributed by atoms with Gasteiger partial charge in [0.15, 0.2) is 5.69 Å². The third kappa shape index (κ3) is 3.33. The van der Waals surface area contributed by atoms with Crippen molar-refractivity contribution in [1.29, 1.82) is 0 Å². The number of carboxylic acid groups (broad SMARTS) is 1. The van der Waals surface area contributed by atoms with Crippen molar-refractivity contribution in [3.63, 3.8) is 0 Å². The van der Waals surface area contributed by atoms with Gasteiger partial charge in [-0.15, -0.1) is 0 Å². The zero-order valence-electron chi connectivity index (χ0n) is 13.9. The number of carbonyl (C=O) groups is 2. The van der Waals surface area contributed by atoms with Crippen LogP contribution in [0.2, 0.25) is 0 Å². The first kappa shape index (κ1) is 16.6. The third-order valence-electron chi connectivity index (χ3n) is 3.92. The summed E-state index contributed by atoms with van der Waals surface area (Å²) in [6.45, 7) is 1.75. The Bertz CT molecular complexity index is 945. The van der Waals surface area contributed by atoms with E-state index in [1.807, 2.05) is 30.3 Å². The van der Waals surface area contributed by atoms with E-state index in [1.165, 1.54) is 6.92 Å². The summed E-state index contributed by atoms with van der Waals surface area (Å²) < 4.78 is 7.35. The molecular weight excluding hydrogens is 320 g/mol. The van der Waals surface area contributed by atoms with Crippen LogP contribution in [-0.4, -0.2) is 21.6 Å². The number of anilines is 1. The molecule has 2 aromatic carbocycles. The van der Waals surface area contributed by atoms with Crippen LogP contribution in [0.5, 0.6) is 5.75 Å². The van der Waals surface area contributed by atoms with Crippen LogP contribution < -0.4 is 10.1 Å². The number of benzene rings is 2. The van der Waals surface area contributed by atoms with Crippen LogP contribution in [0.4, 0.5) is 5.69 Å². The maximum Gasteiger partial charge on any atom is 0.354 e. The average Bonchev–Trinajstić information content (AvgIpc) is 2.85. The molecule has 1 heterocycles. The summed E-state index contributed by atoms with van der Waals surface area (Å²) in [7, 11) is 1.65. The number of amides is 1. The quantitative estimate of drug-likeness (QED) is 0.747. The van der Waals surface area contributed by atoms with E-state index in [-0.39, 0.29) is 17.3 Å². The lowest BCUT2D eigenvalue weighted by Crippen LogP contribution is -2.12. The van der Waals surface area contributed by atoms with E-state index in [9.17, 15) is 14.7 Å². The third-order valence-corrected chi connectivity index (χ3v) is 3.92. The van der Waals surface area contributed by atoms with Gasteiger partial charge in [-0.25, -0.2) is 4.79 Å². The molecule has 0 radical (unpaired) electrons. The van der Waals surface area contributed by atoms with Crippen LogP contribution in [0.25, 0.3) is 10.9 Å². The van der Waals surface area contributed by atoms with Crippen LogP contribution in [0.15, 0.2) is 48.5 Å². The predicted molar refractivity (Wildman–Crippen MR) is 95.0 cm³/mol. The van der Waals surface area contributed by atoms with Gasteiger partial charge < -0.3 is 19.7 Å². The van der Waals surface area contributed by atoms with Gasteiger partial charge in [-0.2, -0.15) is 0 Å². The van der Waals surface area contributed by atoms with Gasteiger partial charge in [0.05, 0.1) is 11.2 Å². The van der Waals surface area contributed by atoms with Gasteiger partial charge in [0.1, 0.15) is 12.4 Å². The molecule has 2 N–H and O–H groups in total. The smallest absolute Gasteiger partial charge is 0.354 e. The zero-order valence-corrected chi connectivity index (χ0v) is 13.9. The van der Waals surface area contributed by atoms with Gasteiger partial charge in [0.2, 0.25) is 5.91 Å². The summed E-state index contributed by atoms with van der Waals surface area (Å²) in [4.78, 5) is 23.1. The monoisotopic (exact) mass is 338 g/mol. The highest BCUT2D eigenvalue weighted by Gasteiger charge is 2.21. The van der Waals surface area contributed by atoms with E-state index in [0.717, 1.165) is 5.56 Å². The fourth-order valence-electron chi connectivity index (χ4n) is 2.81. The van der Waals surface area contributed by atoms with Crippen molar-refractivity contribution in [2.45, 2.75) is 13.5 Å². The number of aryl methyl sites for hydroxylation is 1. The first-order chi connectivity index (χ1) is 12.0. The van der Waals surface area contributed by atoms with Crippen molar-refractivity contribution in [2.24, 2.45) is 7.05 Å². The number of fused-ring (bicyclic) bond motifs is 1. The Morgan fingerprint density at radius 2 is 1.88 bits per heavy atom. The summed E-state index contributed by atoms with van der Waals surface area (Å²) in [6.07, 6.45) is 0. The number of hydrogen-bond donors (Lipinski definition) is 2. The van der Waals surface area contributed by atoms with Crippen molar-refractivity contribution in [3.8, 4) is 5.75 Å². The summed E-state index contributed by atoms with van der Waals surface area (Å²) >= 11 is 0. The average molecular weight is 338 g/mol. The van der Waals surface area contributed by atoms with Crippen LogP contribution in [0.3, 0.4) is 0 Å². The molecule has 0 aliphatic carbocycles. The molecule has 3 aromatic rings. The Morgan fingerprint density at radius 3 is 2.52 bits per heavy atom. The molecule has 0 fully saturated rings. The van der Waals surface area contributed by atoms with E-state index >= 15 is 0 Å². The van der Waals surface area contributed by atoms with E-state index < -0.39 is 5.97 Å². The highest BCUT2D eigenvalue weighted by molar-refractivity contribution is 6.11. The first-order valence-corrected chi connectivity index (χ1v) is 7.77. The minimum absolute atomic E-state index is 0.0328. The molecule has 0 bridgehead atoms. The van der Waals surface area contributed by atoms with Gasteiger partial charge in [-0.3, -0.25) is 4.79 Å². The number of hydrogen-bond acceptors (Lipinski definition) is 3. The molecule has 6 nitrogen and oxygen atoms in total. The van der Waals surface area contributed by atoms with E-state index in [2.05, 4.69) is 5.32 Å². The maximum atomic E-state index is 11.6. The fraction of sp³-hybridized carbons (Fsp3) is 0.158. The summed E-state index contributed by atoms with van der Waals surface area (Å²) in [5.74, 6) is -0.828. The van der Waals surface area contributed by atoms with Crippen LogP contribution >= 0.6 is 0 Å². The molecule has 0 aliphatic heterocycles. The highest BCUT2D eigenvalue weighted by atomic mass is 16.5. The summed E-state index contributed by atoms with van der Waals surface area (Å²) in [5, 5.41) is 12.7. The summed E-state index contributed by atoms with van der Waals surface area (Å²) in [6, 6.07) is 15.1. The second-order valence-corrected chi connectivity index (χ2v) is 5.72. The molecule has 25 heavy (non-hydrogen) atoms. The predicted octanol–water partition coefficient (Wildman–Crippen LogP) is 3.41. The summed E-state index contributed by atoms with van der Waals surface area (Å²) in [5.41, 5.74) is 2.05. The largest absolute Gasteiger partial charge is 0.489 e.